The predicted octanol–water partition coefficient (Wildman–Crippen LogP) is 3.59. The zero-order valence-electron chi connectivity index (χ0n) is 11.5. The second-order valence-electron chi connectivity index (χ2n) is 4.68. The van der Waals surface area contributed by atoms with Crippen LogP contribution in [0.15, 0.2) is 42.5 Å². The van der Waals surface area contributed by atoms with Crippen molar-refractivity contribution in [2.75, 3.05) is 0 Å². The van der Waals surface area contributed by atoms with Crippen LogP contribution in [0.1, 0.15) is 27.0 Å². The summed E-state index contributed by atoms with van der Waals surface area (Å²) in [5, 5.41) is 8.54. The van der Waals surface area contributed by atoms with Crippen molar-refractivity contribution < 1.29 is 9.53 Å². The number of benzene rings is 2. The van der Waals surface area contributed by atoms with Crippen molar-refractivity contribution in [2.24, 2.45) is 0 Å². The van der Waals surface area contributed by atoms with Gasteiger partial charge in [-0.25, -0.2) is 0 Å². The minimum absolute atomic E-state index is 0.381. The topological polar surface area (TPSA) is 50.1 Å². The maximum Gasteiger partial charge on any atom is 0.262 e. The highest BCUT2D eigenvalue weighted by molar-refractivity contribution is 6.07. The lowest BCUT2D eigenvalue weighted by Crippen LogP contribution is -1.99. The summed E-state index contributed by atoms with van der Waals surface area (Å²) < 4.78 is 5.70. The van der Waals surface area contributed by atoms with Gasteiger partial charge in [0.2, 0.25) is 0 Å². The van der Waals surface area contributed by atoms with Crippen LogP contribution >= 0.6 is 0 Å². The van der Waals surface area contributed by atoms with Crippen LogP contribution < -0.4 is 4.74 Å². The van der Waals surface area contributed by atoms with Crippen LogP contribution in [-0.4, -0.2) is 5.78 Å². The average Bonchev–Trinajstić information content (AvgIpc) is 2.48. The van der Waals surface area contributed by atoms with Gasteiger partial charge in [-0.2, -0.15) is 5.26 Å². The molecule has 0 bridgehead atoms. The summed E-state index contributed by atoms with van der Waals surface area (Å²) in [6.45, 7) is 4.58. The molecule has 3 heteroatoms. The van der Waals surface area contributed by atoms with E-state index in [1.54, 1.807) is 30.3 Å². The Labute approximate surface area is 118 Å². The molecule has 0 aliphatic heterocycles. The van der Waals surface area contributed by atoms with Gasteiger partial charge in [0.05, 0.1) is 0 Å². The number of aryl methyl sites for hydroxylation is 2. The first-order valence-electron chi connectivity index (χ1n) is 6.33. The van der Waals surface area contributed by atoms with E-state index in [-0.39, 0.29) is 0 Å². The molecule has 0 radical (unpaired) electrons. The molecule has 100 valence electrons. The highest BCUT2D eigenvalue weighted by atomic mass is 16.5. The summed E-state index contributed by atoms with van der Waals surface area (Å²) in [5.74, 6) is 0.145. The highest BCUT2D eigenvalue weighted by Gasteiger charge is 2.04. The molecule has 0 fully saturated rings. The van der Waals surface area contributed by atoms with E-state index in [1.807, 2.05) is 13.8 Å². The molecule has 0 aliphatic carbocycles. The molecular formula is C17H15NO2. The molecule has 3 nitrogen and oxygen atoms in total. The maximum atomic E-state index is 11.2. The molecule has 2 aromatic carbocycles. The molecule has 0 spiro atoms. The second-order valence-corrected chi connectivity index (χ2v) is 4.68. The van der Waals surface area contributed by atoms with Crippen molar-refractivity contribution >= 4 is 5.78 Å². The van der Waals surface area contributed by atoms with E-state index >= 15 is 0 Å². The van der Waals surface area contributed by atoms with Crippen molar-refractivity contribution in [3.63, 3.8) is 0 Å². The summed E-state index contributed by atoms with van der Waals surface area (Å²) in [6.07, 6.45) is 0. The van der Waals surface area contributed by atoms with Gasteiger partial charge < -0.3 is 4.74 Å². The molecule has 2 rings (SSSR count). The predicted molar refractivity (Wildman–Crippen MR) is 76.6 cm³/mol. The SMILES string of the molecule is Cc1ccc(C)c(COc2ccc(C(=O)C#N)cc2)c1. The summed E-state index contributed by atoms with van der Waals surface area (Å²) in [6, 6.07) is 14.4. The van der Waals surface area contributed by atoms with Crippen molar-refractivity contribution in [3.8, 4) is 11.8 Å². The lowest BCUT2D eigenvalue weighted by molar-refractivity contribution is 0.105. The van der Waals surface area contributed by atoms with Crippen LogP contribution in [0.3, 0.4) is 0 Å². The van der Waals surface area contributed by atoms with Crippen LogP contribution in [0.5, 0.6) is 5.75 Å². The number of hydrogen-bond acceptors (Lipinski definition) is 3. The van der Waals surface area contributed by atoms with Gasteiger partial charge >= 0.3 is 0 Å². The van der Waals surface area contributed by atoms with Gasteiger partial charge in [-0.3, -0.25) is 4.79 Å². The van der Waals surface area contributed by atoms with E-state index in [9.17, 15) is 4.79 Å². The third-order valence-electron chi connectivity index (χ3n) is 3.12. The van der Waals surface area contributed by atoms with Crippen molar-refractivity contribution in [1.29, 1.82) is 5.26 Å². The Morgan fingerprint density at radius 3 is 2.50 bits per heavy atom. The molecular weight excluding hydrogens is 250 g/mol. The summed E-state index contributed by atoms with van der Waals surface area (Å²) in [5.41, 5.74) is 3.91. The van der Waals surface area contributed by atoms with Crippen LogP contribution in [-0.2, 0) is 6.61 Å². The minimum Gasteiger partial charge on any atom is -0.489 e. The van der Waals surface area contributed by atoms with Crippen molar-refractivity contribution in [1.82, 2.24) is 0 Å². The minimum atomic E-state index is -0.536. The van der Waals surface area contributed by atoms with Gasteiger partial charge in [0, 0.05) is 5.56 Å². The fraction of sp³-hybridized carbons (Fsp3) is 0.176. The molecule has 2 aromatic rings. The van der Waals surface area contributed by atoms with Gasteiger partial charge in [0.1, 0.15) is 18.4 Å². The molecule has 0 aromatic heterocycles. The largest absolute Gasteiger partial charge is 0.489 e. The van der Waals surface area contributed by atoms with E-state index in [0.717, 1.165) is 5.56 Å². The summed E-state index contributed by atoms with van der Waals surface area (Å²) in [7, 11) is 0. The number of ketones is 1. The fourth-order valence-electron chi connectivity index (χ4n) is 1.88. The van der Waals surface area contributed by atoms with E-state index in [1.165, 1.54) is 11.1 Å². The third-order valence-corrected chi connectivity index (χ3v) is 3.12. The van der Waals surface area contributed by atoms with E-state index in [2.05, 4.69) is 18.2 Å². The summed E-state index contributed by atoms with van der Waals surface area (Å²) in [4.78, 5) is 11.2. The van der Waals surface area contributed by atoms with Gasteiger partial charge in [-0.05, 0) is 49.2 Å². The average molecular weight is 265 g/mol. The number of hydrogen-bond donors (Lipinski definition) is 0. The Kier molecular flexibility index (Phi) is 4.17. The molecule has 0 N–H and O–H groups in total. The van der Waals surface area contributed by atoms with Crippen LogP contribution in [0.4, 0.5) is 0 Å². The quantitative estimate of drug-likeness (QED) is 0.627. The fourth-order valence-corrected chi connectivity index (χ4v) is 1.88. The number of nitriles is 1. The lowest BCUT2D eigenvalue weighted by atomic mass is 10.1. The number of carbonyl (C=O) groups excluding carboxylic acids is 1. The Morgan fingerprint density at radius 1 is 1.15 bits per heavy atom. The number of rotatable bonds is 4. The number of carbonyl (C=O) groups is 1. The molecule has 0 saturated carbocycles. The van der Waals surface area contributed by atoms with Crippen LogP contribution in [0, 0.1) is 25.2 Å². The molecule has 0 heterocycles. The van der Waals surface area contributed by atoms with Gasteiger partial charge in [-0.1, -0.05) is 23.8 Å². The van der Waals surface area contributed by atoms with Crippen LogP contribution in [0.25, 0.3) is 0 Å². The van der Waals surface area contributed by atoms with E-state index in [0.29, 0.717) is 17.9 Å². The molecule has 0 aliphatic rings. The van der Waals surface area contributed by atoms with E-state index in [4.69, 9.17) is 10.00 Å². The Bertz CT molecular complexity index is 666. The lowest BCUT2D eigenvalue weighted by Gasteiger charge is -2.09. The Morgan fingerprint density at radius 2 is 1.85 bits per heavy atom. The normalized spacial score (nSPS) is 9.85. The monoisotopic (exact) mass is 265 g/mol. The number of ether oxygens (including phenoxy) is 1. The van der Waals surface area contributed by atoms with E-state index < -0.39 is 5.78 Å². The molecule has 0 saturated heterocycles. The van der Waals surface area contributed by atoms with Crippen LogP contribution in [0.2, 0.25) is 0 Å². The standard InChI is InChI=1S/C17H15NO2/c1-12-3-4-13(2)15(9-12)11-20-16-7-5-14(6-8-16)17(19)10-18/h3-9H,11H2,1-2H3. The second kappa shape index (κ2) is 6.03. The zero-order chi connectivity index (χ0) is 14.5. The molecule has 20 heavy (non-hydrogen) atoms. The third kappa shape index (κ3) is 3.24. The van der Waals surface area contributed by atoms with Gasteiger partial charge in [-0.15, -0.1) is 0 Å². The van der Waals surface area contributed by atoms with Crippen molar-refractivity contribution in [2.45, 2.75) is 20.5 Å². The molecule has 0 atom stereocenters. The zero-order valence-corrected chi connectivity index (χ0v) is 11.5. The first-order chi connectivity index (χ1) is 9.60. The first kappa shape index (κ1) is 13.8. The summed E-state index contributed by atoms with van der Waals surface area (Å²) >= 11 is 0. The molecule has 0 amide bonds. The highest BCUT2D eigenvalue weighted by Crippen LogP contribution is 2.17. The Balaban J connectivity index is 2.06. The first-order valence-corrected chi connectivity index (χ1v) is 6.33. The van der Waals surface area contributed by atoms with Gasteiger partial charge in [0.15, 0.2) is 0 Å². The number of Topliss-reactive ketones (excluding diaryl/α,β-unsaturated/α-hetero) is 1. The van der Waals surface area contributed by atoms with Crippen molar-refractivity contribution in [3.05, 3.63) is 64.7 Å². The smallest absolute Gasteiger partial charge is 0.262 e. The Hall–Kier alpha value is -2.60. The van der Waals surface area contributed by atoms with Gasteiger partial charge in [0.25, 0.3) is 5.78 Å². The molecule has 0 unspecified atom stereocenters. The number of nitrogens with zero attached hydrogens (tertiary/aromatic N) is 1. The maximum absolute atomic E-state index is 11.2.